The van der Waals surface area contributed by atoms with Crippen LogP contribution in [-0.4, -0.2) is 11.0 Å². The second kappa shape index (κ2) is 7.41. The summed E-state index contributed by atoms with van der Waals surface area (Å²) in [5.41, 5.74) is 2.30. The molecule has 0 amide bonds. The lowest BCUT2D eigenvalue weighted by Crippen LogP contribution is -2.24. The quantitative estimate of drug-likeness (QED) is 0.839. The van der Waals surface area contributed by atoms with Crippen LogP contribution in [0.3, 0.4) is 0 Å². The van der Waals surface area contributed by atoms with Gasteiger partial charge in [-0.25, -0.2) is 4.98 Å². The topological polar surface area (TPSA) is 34.1 Å². The van der Waals surface area contributed by atoms with E-state index in [-0.39, 0.29) is 0 Å². The molecule has 1 unspecified atom stereocenters. The molecule has 0 spiro atoms. The Labute approximate surface area is 125 Å². The Hall–Kier alpha value is -1.39. The lowest BCUT2D eigenvalue weighted by Gasteiger charge is -2.09. The summed E-state index contributed by atoms with van der Waals surface area (Å²) in [5, 5.41) is 6.57. The van der Waals surface area contributed by atoms with Crippen LogP contribution in [0.15, 0.2) is 29.6 Å². The van der Waals surface area contributed by atoms with Crippen molar-refractivity contribution in [2.24, 2.45) is 0 Å². The number of hydrogen-bond acceptors (Lipinski definition) is 4. The van der Waals surface area contributed by atoms with Gasteiger partial charge in [-0.3, -0.25) is 0 Å². The van der Waals surface area contributed by atoms with E-state index < -0.39 is 0 Å². The van der Waals surface area contributed by atoms with Gasteiger partial charge in [0.1, 0.15) is 17.4 Å². The van der Waals surface area contributed by atoms with Crippen LogP contribution < -0.4 is 10.1 Å². The molecule has 4 heteroatoms. The Kier molecular flexibility index (Phi) is 5.56. The highest BCUT2D eigenvalue weighted by Gasteiger charge is 2.04. The molecule has 0 radical (unpaired) electrons. The largest absolute Gasteiger partial charge is 0.486 e. The van der Waals surface area contributed by atoms with E-state index in [2.05, 4.69) is 42.5 Å². The van der Waals surface area contributed by atoms with Crippen molar-refractivity contribution in [2.75, 3.05) is 0 Å². The van der Waals surface area contributed by atoms with Crippen molar-refractivity contribution in [3.8, 4) is 5.75 Å². The fourth-order valence-corrected chi connectivity index (χ4v) is 2.47. The Morgan fingerprint density at radius 3 is 3.00 bits per heavy atom. The van der Waals surface area contributed by atoms with E-state index >= 15 is 0 Å². The first-order valence-electron chi connectivity index (χ1n) is 7.03. The lowest BCUT2D eigenvalue weighted by molar-refractivity contribution is 0.305. The van der Waals surface area contributed by atoms with Gasteiger partial charge in [-0.15, -0.1) is 11.3 Å². The summed E-state index contributed by atoms with van der Waals surface area (Å²) in [6, 6.07) is 8.62. The van der Waals surface area contributed by atoms with Crippen LogP contribution in [0.25, 0.3) is 0 Å². The van der Waals surface area contributed by atoms with Gasteiger partial charge in [0.15, 0.2) is 0 Å². The van der Waals surface area contributed by atoms with Crippen LogP contribution in [0.5, 0.6) is 5.75 Å². The van der Waals surface area contributed by atoms with Crippen LogP contribution >= 0.6 is 11.3 Å². The third kappa shape index (κ3) is 4.62. The third-order valence-electron chi connectivity index (χ3n) is 3.20. The van der Waals surface area contributed by atoms with Crippen molar-refractivity contribution in [2.45, 2.75) is 46.4 Å². The SMILES string of the molecule is CCC(C)NCc1csc(COc2cccc(C)c2)n1. The molecule has 0 saturated carbocycles. The summed E-state index contributed by atoms with van der Waals surface area (Å²) >= 11 is 1.66. The highest BCUT2D eigenvalue weighted by Crippen LogP contribution is 2.16. The molecule has 1 aromatic heterocycles. The van der Waals surface area contributed by atoms with E-state index in [0.717, 1.165) is 29.4 Å². The minimum atomic E-state index is 0.531. The van der Waals surface area contributed by atoms with Crippen LogP contribution in [0, 0.1) is 6.92 Å². The number of aryl methyl sites for hydroxylation is 1. The maximum atomic E-state index is 5.76. The van der Waals surface area contributed by atoms with E-state index in [9.17, 15) is 0 Å². The fourth-order valence-electron chi connectivity index (χ4n) is 1.77. The molecule has 1 atom stereocenters. The van der Waals surface area contributed by atoms with E-state index in [1.807, 2.05) is 18.2 Å². The summed E-state index contributed by atoms with van der Waals surface area (Å²) in [6.07, 6.45) is 1.13. The van der Waals surface area contributed by atoms with Crippen LogP contribution in [0.4, 0.5) is 0 Å². The molecule has 1 heterocycles. The minimum Gasteiger partial charge on any atom is -0.486 e. The van der Waals surface area contributed by atoms with Crippen molar-refractivity contribution in [3.63, 3.8) is 0 Å². The highest BCUT2D eigenvalue weighted by molar-refractivity contribution is 7.09. The number of nitrogens with zero attached hydrogens (tertiary/aromatic N) is 1. The molecule has 0 aliphatic rings. The van der Waals surface area contributed by atoms with Gasteiger partial charge in [0.25, 0.3) is 0 Å². The second-order valence-electron chi connectivity index (χ2n) is 5.03. The van der Waals surface area contributed by atoms with Crippen molar-refractivity contribution in [1.29, 1.82) is 0 Å². The van der Waals surface area contributed by atoms with Crippen LogP contribution in [0.2, 0.25) is 0 Å². The van der Waals surface area contributed by atoms with Gasteiger partial charge in [-0.05, 0) is 38.0 Å². The predicted octanol–water partition coefficient (Wildman–Crippen LogP) is 3.92. The number of nitrogens with one attached hydrogen (secondary N) is 1. The molecule has 108 valence electrons. The molecule has 2 rings (SSSR count). The summed E-state index contributed by atoms with van der Waals surface area (Å²) < 4.78 is 5.76. The Balaban J connectivity index is 1.83. The third-order valence-corrected chi connectivity index (χ3v) is 4.07. The average molecular weight is 290 g/mol. The predicted molar refractivity (Wildman–Crippen MR) is 84.2 cm³/mol. The highest BCUT2D eigenvalue weighted by atomic mass is 32.1. The van der Waals surface area contributed by atoms with E-state index in [1.165, 1.54) is 5.56 Å². The summed E-state index contributed by atoms with van der Waals surface area (Å²) in [5.74, 6) is 0.902. The molecule has 0 aliphatic heterocycles. The van der Waals surface area contributed by atoms with Gasteiger partial charge in [-0.1, -0.05) is 19.1 Å². The summed E-state index contributed by atoms with van der Waals surface area (Å²) in [6.45, 7) is 7.80. The van der Waals surface area contributed by atoms with E-state index in [4.69, 9.17) is 4.74 Å². The summed E-state index contributed by atoms with van der Waals surface area (Å²) in [4.78, 5) is 4.59. The van der Waals surface area contributed by atoms with Crippen molar-refractivity contribution in [3.05, 3.63) is 45.9 Å². The zero-order valence-electron chi connectivity index (χ0n) is 12.3. The molecule has 3 nitrogen and oxygen atoms in total. The van der Waals surface area contributed by atoms with Gasteiger partial charge in [0.2, 0.25) is 0 Å². The molecule has 0 saturated heterocycles. The molecule has 2 aromatic rings. The van der Waals surface area contributed by atoms with Crippen LogP contribution in [0.1, 0.15) is 36.5 Å². The molecular weight excluding hydrogens is 268 g/mol. The average Bonchev–Trinajstić information content (AvgIpc) is 2.90. The normalized spacial score (nSPS) is 12.3. The Morgan fingerprint density at radius 1 is 1.40 bits per heavy atom. The molecule has 1 N–H and O–H groups in total. The van der Waals surface area contributed by atoms with Gasteiger partial charge >= 0.3 is 0 Å². The van der Waals surface area contributed by atoms with E-state index in [0.29, 0.717) is 12.6 Å². The Bertz CT molecular complexity index is 539. The molecular formula is C16H22N2OS. The van der Waals surface area contributed by atoms with Gasteiger partial charge in [0, 0.05) is 18.0 Å². The number of ether oxygens (including phenoxy) is 1. The Morgan fingerprint density at radius 2 is 2.25 bits per heavy atom. The van der Waals surface area contributed by atoms with Gasteiger partial charge < -0.3 is 10.1 Å². The molecule has 0 fully saturated rings. The smallest absolute Gasteiger partial charge is 0.140 e. The van der Waals surface area contributed by atoms with Crippen molar-refractivity contribution >= 4 is 11.3 Å². The zero-order valence-corrected chi connectivity index (χ0v) is 13.2. The molecule has 20 heavy (non-hydrogen) atoms. The van der Waals surface area contributed by atoms with E-state index in [1.54, 1.807) is 11.3 Å². The van der Waals surface area contributed by atoms with Crippen LogP contribution in [-0.2, 0) is 13.2 Å². The maximum Gasteiger partial charge on any atom is 0.140 e. The number of rotatable bonds is 7. The second-order valence-corrected chi connectivity index (χ2v) is 5.97. The number of hydrogen-bond donors (Lipinski definition) is 1. The van der Waals surface area contributed by atoms with Gasteiger partial charge in [-0.2, -0.15) is 0 Å². The minimum absolute atomic E-state index is 0.531. The van der Waals surface area contributed by atoms with Crippen molar-refractivity contribution < 1.29 is 4.74 Å². The molecule has 1 aromatic carbocycles. The number of aromatic nitrogens is 1. The fraction of sp³-hybridized carbons (Fsp3) is 0.438. The number of benzene rings is 1. The standard InChI is InChI=1S/C16H22N2OS/c1-4-13(3)17-9-14-11-20-16(18-14)10-19-15-7-5-6-12(2)8-15/h5-8,11,13,17H,4,9-10H2,1-3H3. The first-order valence-corrected chi connectivity index (χ1v) is 7.91. The first-order chi connectivity index (χ1) is 9.67. The number of thiazole rings is 1. The lowest BCUT2D eigenvalue weighted by atomic mass is 10.2. The first kappa shape index (κ1) is 15.0. The maximum absolute atomic E-state index is 5.76. The monoisotopic (exact) mass is 290 g/mol. The molecule has 0 aliphatic carbocycles. The summed E-state index contributed by atoms with van der Waals surface area (Å²) in [7, 11) is 0. The van der Waals surface area contributed by atoms with Crippen molar-refractivity contribution in [1.82, 2.24) is 10.3 Å². The molecule has 0 bridgehead atoms. The zero-order chi connectivity index (χ0) is 14.4. The van der Waals surface area contributed by atoms with Gasteiger partial charge in [0.05, 0.1) is 5.69 Å².